The first kappa shape index (κ1) is 12.7. The molecule has 1 saturated heterocycles. The van der Waals surface area contributed by atoms with Crippen LogP contribution in [0.15, 0.2) is 54.6 Å². The van der Waals surface area contributed by atoms with Crippen LogP contribution in [0.4, 0.5) is 5.69 Å². The van der Waals surface area contributed by atoms with Crippen molar-refractivity contribution in [3.05, 3.63) is 66.2 Å². The Bertz CT molecular complexity index is 560. The molecule has 0 bridgehead atoms. The second kappa shape index (κ2) is 5.78. The fourth-order valence-corrected chi connectivity index (χ4v) is 2.52. The van der Waals surface area contributed by atoms with Gasteiger partial charge in [-0.1, -0.05) is 30.3 Å². The summed E-state index contributed by atoms with van der Waals surface area (Å²) in [5.74, 6) is 0.106. The Balaban J connectivity index is 1.63. The molecule has 0 N–H and O–H groups in total. The van der Waals surface area contributed by atoms with E-state index in [1.807, 2.05) is 41.3 Å². The number of anilines is 1. The largest absolute Gasteiger partial charge is 0.368 e. The van der Waals surface area contributed by atoms with Crippen molar-refractivity contribution < 1.29 is 4.79 Å². The molecule has 3 rings (SSSR count). The van der Waals surface area contributed by atoms with Crippen LogP contribution in [-0.4, -0.2) is 37.0 Å². The maximum atomic E-state index is 12.3. The lowest BCUT2D eigenvalue weighted by molar-refractivity contribution is 0.0747. The van der Waals surface area contributed by atoms with Gasteiger partial charge in [0.05, 0.1) is 0 Å². The standard InChI is InChI=1S/C17H17N2O/c20-17(15-7-3-1-4-8-15)19-13-11-18(12-14-19)16-9-5-2-6-10-16/h1-3,5-10H,11-14H2. The summed E-state index contributed by atoms with van der Waals surface area (Å²) < 4.78 is 0. The van der Waals surface area contributed by atoms with E-state index >= 15 is 0 Å². The zero-order valence-corrected chi connectivity index (χ0v) is 11.3. The average molecular weight is 265 g/mol. The number of rotatable bonds is 2. The highest BCUT2D eigenvalue weighted by atomic mass is 16.2. The molecule has 1 amide bonds. The lowest BCUT2D eigenvalue weighted by Crippen LogP contribution is -2.48. The van der Waals surface area contributed by atoms with Crippen LogP contribution in [0.2, 0.25) is 0 Å². The van der Waals surface area contributed by atoms with Crippen LogP contribution in [0.3, 0.4) is 0 Å². The lowest BCUT2D eigenvalue weighted by atomic mass is 10.1. The number of piperazine rings is 1. The van der Waals surface area contributed by atoms with Crippen LogP contribution in [0.1, 0.15) is 10.4 Å². The van der Waals surface area contributed by atoms with Gasteiger partial charge in [0, 0.05) is 37.4 Å². The fourth-order valence-electron chi connectivity index (χ4n) is 2.52. The number of amides is 1. The van der Waals surface area contributed by atoms with Crippen molar-refractivity contribution in [2.45, 2.75) is 0 Å². The van der Waals surface area contributed by atoms with E-state index in [0.717, 1.165) is 31.7 Å². The van der Waals surface area contributed by atoms with E-state index in [2.05, 4.69) is 23.1 Å². The zero-order valence-electron chi connectivity index (χ0n) is 11.3. The molecule has 1 aliphatic rings. The highest BCUT2D eigenvalue weighted by Crippen LogP contribution is 2.16. The van der Waals surface area contributed by atoms with E-state index in [0.29, 0.717) is 0 Å². The lowest BCUT2D eigenvalue weighted by Gasteiger charge is -2.36. The van der Waals surface area contributed by atoms with E-state index in [9.17, 15) is 4.79 Å². The normalized spacial score (nSPS) is 15.2. The molecule has 0 aliphatic carbocycles. The minimum atomic E-state index is 0.106. The zero-order chi connectivity index (χ0) is 13.8. The van der Waals surface area contributed by atoms with Crippen molar-refractivity contribution in [1.82, 2.24) is 4.90 Å². The summed E-state index contributed by atoms with van der Waals surface area (Å²) >= 11 is 0. The van der Waals surface area contributed by atoms with Crippen LogP contribution < -0.4 is 4.90 Å². The predicted octanol–water partition coefficient (Wildman–Crippen LogP) is 2.45. The minimum absolute atomic E-state index is 0.106. The molecule has 1 aliphatic heterocycles. The van der Waals surface area contributed by atoms with Crippen LogP contribution in [0.5, 0.6) is 0 Å². The van der Waals surface area contributed by atoms with Crippen molar-refractivity contribution in [1.29, 1.82) is 0 Å². The average Bonchev–Trinajstić information content (AvgIpc) is 2.56. The van der Waals surface area contributed by atoms with E-state index in [-0.39, 0.29) is 5.91 Å². The monoisotopic (exact) mass is 265 g/mol. The molecule has 0 saturated carbocycles. The minimum Gasteiger partial charge on any atom is -0.368 e. The van der Waals surface area contributed by atoms with Gasteiger partial charge in [0.25, 0.3) is 5.91 Å². The van der Waals surface area contributed by atoms with Gasteiger partial charge in [-0.15, -0.1) is 0 Å². The Labute approximate surface area is 119 Å². The SMILES string of the molecule is O=C(c1c[c]ccc1)N1CCN(c2ccccc2)CC1. The third-order valence-electron chi connectivity index (χ3n) is 3.64. The molecule has 20 heavy (non-hydrogen) atoms. The molecule has 101 valence electrons. The molecule has 3 nitrogen and oxygen atoms in total. The summed E-state index contributed by atoms with van der Waals surface area (Å²) in [6, 6.07) is 20.6. The van der Waals surface area contributed by atoms with E-state index in [1.54, 1.807) is 6.07 Å². The van der Waals surface area contributed by atoms with Crippen LogP contribution >= 0.6 is 0 Å². The number of benzene rings is 2. The van der Waals surface area contributed by atoms with Crippen molar-refractivity contribution >= 4 is 11.6 Å². The number of para-hydroxylation sites is 1. The maximum absolute atomic E-state index is 12.3. The number of carbonyl (C=O) groups excluding carboxylic acids is 1. The molecule has 1 heterocycles. The Morgan fingerprint density at radius 1 is 0.950 bits per heavy atom. The van der Waals surface area contributed by atoms with Gasteiger partial charge in [-0.25, -0.2) is 0 Å². The van der Waals surface area contributed by atoms with Crippen LogP contribution in [-0.2, 0) is 0 Å². The van der Waals surface area contributed by atoms with E-state index < -0.39 is 0 Å². The third kappa shape index (κ3) is 2.67. The summed E-state index contributed by atoms with van der Waals surface area (Å²) in [7, 11) is 0. The molecule has 1 fully saturated rings. The van der Waals surface area contributed by atoms with Crippen molar-refractivity contribution in [3.63, 3.8) is 0 Å². The molecule has 2 aromatic rings. The quantitative estimate of drug-likeness (QED) is 0.832. The molecule has 0 unspecified atom stereocenters. The van der Waals surface area contributed by atoms with Crippen molar-refractivity contribution in [2.75, 3.05) is 31.1 Å². The Morgan fingerprint density at radius 3 is 2.35 bits per heavy atom. The Hall–Kier alpha value is -2.29. The molecule has 0 aromatic heterocycles. The molecule has 0 spiro atoms. The molecule has 0 atom stereocenters. The molecule has 3 heteroatoms. The summed E-state index contributed by atoms with van der Waals surface area (Å²) in [5, 5.41) is 0. The van der Waals surface area contributed by atoms with Crippen molar-refractivity contribution in [3.8, 4) is 0 Å². The van der Waals surface area contributed by atoms with Gasteiger partial charge in [0.15, 0.2) is 0 Å². The molecule has 2 aromatic carbocycles. The van der Waals surface area contributed by atoms with E-state index in [1.165, 1.54) is 5.69 Å². The van der Waals surface area contributed by atoms with Crippen LogP contribution in [0.25, 0.3) is 0 Å². The Kier molecular flexibility index (Phi) is 3.68. The topological polar surface area (TPSA) is 23.6 Å². The van der Waals surface area contributed by atoms with Gasteiger partial charge in [-0.3, -0.25) is 4.79 Å². The van der Waals surface area contributed by atoms with Gasteiger partial charge >= 0.3 is 0 Å². The third-order valence-corrected chi connectivity index (χ3v) is 3.64. The van der Waals surface area contributed by atoms with Gasteiger partial charge in [0.1, 0.15) is 0 Å². The van der Waals surface area contributed by atoms with Gasteiger partial charge in [0.2, 0.25) is 0 Å². The summed E-state index contributed by atoms with van der Waals surface area (Å²) in [6.45, 7) is 3.30. The van der Waals surface area contributed by atoms with Gasteiger partial charge in [-0.2, -0.15) is 0 Å². The number of hydrogen-bond donors (Lipinski definition) is 0. The molecular weight excluding hydrogens is 248 g/mol. The second-order valence-electron chi connectivity index (χ2n) is 4.91. The fraction of sp³-hybridized carbons (Fsp3) is 0.235. The summed E-state index contributed by atoms with van der Waals surface area (Å²) in [6.07, 6.45) is 0. The smallest absolute Gasteiger partial charge is 0.253 e. The van der Waals surface area contributed by atoms with Gasteiger partial charge < -0.3 is 9.80 Å². The highest BCUT2D eigenvalue weighted by Gasteiger charge is 2.21. The molecule has 1 radical (unpaired) electrons. The van der Waals surface area contributed by atoms with Crippen molar-refractivity contribution in [2.24, 2.45) is 0 Å². The van der Waals surface area contributed by atoms with E-state index in [4.69, 9.17) is 0 Å². The Morgan fingerprint density at radius 2 is 1.70 bits per heavy atom. The summed E-state index contributed by atoms with van der Waals surface area (Å²) in [4.78, 5) is 16.6. The molecular formula is C17H17N2O. The second-order valence-corrected chi connectivity index (χ2v) is 4.91. The number of carbonyl (C=O) groups is 1. The number of hydrogen-bond acceptors (Lipinski definition) is 2. The summed E-state index contributed by atoms with van der Waals surface area (Å²) in [5.41, 5.74) is 1.95. The van der Waals surface area contributed by atoms with Crippen LogP contribution in [0, 0.1) is 6.07 Å². The first-order valence-corrected chi connectivity index (χ1v) is 6.90. The van der Waals surface area contributed by atoms with Gasteiger partial charge in [-0.05, 0) is 30.3 Å². The first-order chi connectivity index (χ1) is 9.84. The maximum Gasteiger partial charge on any atom is 0.253 e. The number of nitrogens with zero attached hydrogens (tertiary/aromatic N) is 2. The predicted molar refractivity (Wildman–Crippen MR) is 79.8 cm³/mol. The highest BCUT2D eigenvalue weighted by molar-refractivity contribution is 5.94. The first-order valence-electron chi connectivity index (χ1n) is 6.90.